The number of hydrogen-bond acceptors (Lipinski definition) is 4. The number of nitrogens with zero attached hydrogens (tertiary/aromatic N) is 2. The molecule has 3 aromatic rings. The van der Waals surface area contributed by atoms with Gasteiger partial charge < -0.3 is 0 Å². The Labute approximate surface area is 141 Å². The summed E-state index contributed by atoms with van der Waals surface area (Å²) < 4.78 is 13.8. The molecule has 0 radical (unpaired) electrons. The summed E-state index contributed by atoms with van der Waals surface area (Å²) in [5.74, 6) is -0.398. The van der Waals surface area contributed by atoms with Crippen LogP contribution in [-0.4, -0.2) is 17.9 Å². The maximum Gasteiger partial charge on any atom is 0.252 e. The zero-order chi connectivity index (χ0) is 16.2. The summed E-state index contributed by atoms with van der Waals surface area (Å²) in [5, 5.41) is 2.47. The van der Waals surface area contributed by atoms with Crippen LogP contribution in [0, 0.1) is 5.82 Å². The van der Waals surface area contributed by atoms with Gasteiger partial charge in [-0.15, -0.1) is 22.7 Å². The van der Waals surface area contributed by atoms with Gasteiger partial charge in [0.1, 0.15) is 5.82 Å². The highest BCUT2D eigenvalue weighted by atomic mass is 32.1. The molecule has 1 aromatic carbocycles. The highest BCUT2D eigenvalue weighted by Gasteiger charge is 2.10. The first kappa shape index (κ1) is 15.6. The second kappa shape index (κ2) is 6.85. The van der Waals surface area contributed by atoms with Crippen LogP contribution in [0.2, 0.25) is 0 Å². The highest BCUT2D eigenvalue weighted by molar-refractivity contribution is 7.16. The number of amides is 1. The average Bonchev–Trinajstić information content (AvgIpc) is 3.24. The minimum Gasteiger partial charge on any atom is -0.288 e. The number of likely N-dealkylation sites (N-methyl/N-ethyl adjacent to an activating group) is 1. The van der Waals surface area contributed by atoms with Crippen molar-refractivity contribution in [3.63, 3.8) is 0 Å². The molecule has 0 saturated carbocycles. The van der Waals surface area contributed by atoms with E-state index in [0.717, 1.165) is 9.75 Å². The van der Waals surface area contributed by atoms with Crippen LogP contribution >= 0.6 is 22.7 Å². The van der Waals surface area contributed by atoms with E-state index in [4.69, 9.17) is 0 Å². The maximum absolute atomic E-state index is 13.8. The molecule has 0 aliphatic carbocycles. The van der Waals surface area contributed by atoms with Gasteiger partial charge in [0.25, 0.3) is 5.91 Å². The van der Waals surface area contributed by atoms with Crippen LogP contribution in [0.25, 0.3) is 16.5 Å². The zero-order valence-corrected chi connectivity index (χ0v) is 13.9. The molecule has 0 unspecified atom stereocenters. The molecule has 0 atom stereocenters. The van der Waals surface area contributed by atoms with E-state index in [9.17, 15) is 9.18 Å². The van der Waals surface area contributed by atoms with Gasteiger partial charge in [0, 0.05) is 40.0 Å². The lowest BCUT2D eigenvalue weighted by atomic mass is 10.2. The fourth-order valence-corrected chi connectivity index (χ4v) is 3.54. The Morgan fingerprint density at radius 3 is 2.83 bits per heavy atom. The minimum atomic E-state index is -0.246. The van der Waals surface area contributed by atoms with E-state index >= 15 is 0 Å². The highest BCUT2D eigenvalue weighted by Crippen LogP contribution is 2.30. The summed E-state index contributed by atoms with van der Waals surface area (Å²) in [4.78, 5) is 19.4. The molecule has 0 fully saturated rings. The van der Waals surface area contributed by atoms with E-state index in [2.05, 4.69) is 4.98 Å². The molecule has 116 valence electrons. The molecule has 2 aromatic heterocycles. The Bertz CT molecular complexity index is 840. The first-order chi connectivity index (χ1) is 11.1. The minimum absolute atomic E-state index is 0.152. The molecule has 3 rings (SSSR count). The topological polar surface area (TPSA) is 33.2 Å². The fraction of sp³-hybridized carbons (Fsp3) is 0.0588. The van der Waals surface area contributed by atoms with E-state index in [1.807, 2.05) is 17.5 Å². The van der Waals surface area contributed by atoms with Crippen molar-refractivity contribution in [2.75, 3.05) is 11.9 Å². The Hall–Kier alpha value is -2.31. The van der Waals surface area contributed by atoms with Crippen LogP contribution in [-0.2, 0) is 4.79 Å². The first-order valence-electron chi connectivity index (χ1n) is 6.85. The van der Waals surface area contributed by atoms with E-state index in [1.54, 1.807) is 37.5 Å². The van der Waals surface area contributed by atoms with Gasteiger partial charge in [-0.25, -0.2) is 9.37 Å². The van der Waals surface area contributed by atoms with E-state index in [1.165, 1.54) is 39.7 Å². The Kier molecular flexibility index (Phi) is 4.64. The number of carbonyl (C=O) groups excluding carboxylic acids is 1. The lowest BCUT2D eigenvalue weighted by Gasteiger charge is -2.09. The van der Waals surface area contributed by atoms with Gasteiger partial charge in [0.2, 0.25) is 0 Å². The third-order valence-electron chi connectivity index (χ3n) is 3.19. The lowest BCUT2D eigenvalue weighted by Crippen LogP contribution is -2.23. The van der Waals surface area contributed by atoms with Crippen molar-refractivity contribution in [3.8, 4) is 10.4 Å². The molecule has 23 heavy (non-hydrogen) atoms. The maximum atomic E-state index is 13.8. The quantitative estimate of drug-likeness (QED) is 0.644. The normalized spacial score (nSPS) is 11.0. The van der Waals surface area contributed by atoms with Gasteiger partial charge in [-0.05, 0) is 24.3 Å². The number of thiophene rings is 1. The Morgan fingerprint density at radius 1 is 1.26 bits per heavy atom. The van der Waals surface area contributed by atoms with Crippen molar-refractivity contribution in [3.05, 3.63) is 64.7 Å². The van der Waals surface area contributed by atoms with Crippen molar-refractivity contribution in [2.45, 2.75) is 0 Å². The van der Waals surface area contributed by atoms with E-state index in [-0.39, 0.29) is 11.7 Å². The molecule has 0 saturated heterocycles. The van der Waals surface area contributed by atoms with Gasteiger partial charge in [0.15, 0.2) is 5.13 Å². The lowest BCUT2D eigenvalue weighted by molar-refractivity contribution is -0.113. The molecule has 6 heteroatoms. The third-order valence-corrected chi connectivity index (χ3v) is 5.12. The number of benzene rings is 1. The van der Waals surface area contributed by atoms with Crippen LogP contribution in [0.15, 0.2) is 54.1 Å². The first-order valence-corrected chi connectivity index (χ1v) is 8.55. The summed E-state index contributed by atoms with van der Waals surface area (Å²) in [6, 6.07) is 10.4. The summed E-state index contributed by atoms with van der Waals surface area (Å²) >= 11 is 2.85. The van der Waals surface area contributed by atoms with Gasteiger partial charge in [0.05, 0.1) is 0 Å². The summed E-state index contributed by atoms with van der Waals surface area (Å²) in [5.41, 5.74) is 0.573. The van der Waals surface area contributed by atoms with Gasteiger partial charge in [-0.1, -0.05) is 18.2 Å². The third kappa shape index (κ3) is 3.55. The zero-order valence-electron chi connectivity index (χ0n) is 12.3. The molecule has 0 N–H and O–H groups in total. The van der Waals surface area contributed by atoms with Gasteiger partial charge >= 0.3 is 0 Å². The molecular formula is C17H13FN2OS2. The Balaban J connectivity index is 1.74. The van der Waals surface area contributed by atoms with E-state index in [0.29, 0.717) is 10.7 Å². The second-order valence-electron chi connectivity index (χ2n) is 4.73. The molecule has 0 bridgehead atoms. The van der Waals surface area contributed by atoms with E-state index < -0.39 is 0 Å². The monoisotopic (exact) mass is 344 g/mol. The molecule has 0 spiro atoms. The van der Waals surface area contributed by atoms with Crippen molar-refractivity contribution in [1.29, 1.82) is 0 Å². The second-order valence-corrected chi connectivity index (χ2v) is 6.72. The number of rotatable bonds is 4. The van der Waals surface area contributed by atoms with Crippen molar-refractivity contribution >= 4 is 39.8 Å². The average molecular weight is 344 g/mol. The van der Waals surface area contributed by atoms with Crippen LogP contribution in [0.1, 0.15) is 4.88 Å². The van der Waals surface area contributed by atoms with Crippen molar-refractivity contribution < 1.29 is 9.18 Å². The Morgan fingerprint density at radius 2 is 2.09 bits per heavy atom. The van der Waals surface area contributed by atoms with Gasteiger partial charge in [-0.2, -0.15) is 0 Å². The van der Waals surface area contributed by atoms with Gasteiger partial charge in [-0.3, -0.25) is 9.69 Å². The number of thiazole rings is 1. The van der Waals surface area contributed by atoms with Crippen molar-refractivity contribution in [2.24, 2.45) is 0 Å². The molecule has 0 aliphatic rings. The SMILES string of the molecule is CN(C(=O)/C=C/c1ccc(-c2ccccc2F)s1)c1nccs1. The molecule has 0 aliphatic heterocycles. The van der Waals surface area contributed by atoms with Crippen LogP contribution < -0.4 is 4.90 Å². The number of aromatic nitrogens is 1. The molecule has 2 heterocycles. The summed E-state index contributed by atoms with van der Waals surface area (Å²) in [7, 11) is 1.69. The standard InChI is InChI=1S/C17H13FN2OS2/c1-20(17-19-10-11-22-17)16(21)9-7-12-6-8-15(23-12)13-4-2-3-5-14(13)18/h2-11H,1H3/b9-7+. The largest absolute Gasteiger partial charge is 0.288 e. The summed E-state index contributed by atoms with van der Waals surface area (Å²) in [6.45, 7) is 0. The predicted octanol–water partition coefficient (Wildman–Crippen LogP) is 4.69. The number of anilines is 1. The molecule has 1 amide bonds. The van der Waals surface area contributed by atoms with Crippen LogP contribution in [0.4, 0.5) is 9.52 Å². The fourth-order valence-electron chi connectivity index (χ4n) is 1.99. The number of carbonyl (C=O) groups is 1. The van der Waals surface area contributed by atoms with Crippen molar-refractivity contribution in [1.82, 2.24) is 4.98 Å². The number of hydrogen-bond donors (Lipinski definition) is 0. The molecular weight excluding hydrogens is 331 g/mol. The van der Waals surface area contributed by atoms with Crippen LogP contribution in [0.5, 0.6) is 0 Å². The predicted molar refractivity (Wildman–Crippen MR) is 94.3 cm³/mol. The van der Waals surface area contributed by atoms with Crippen LogP contribution in [0.3, 0.4) is 0 Å². The summed E-state index contributed by atoms with van der Waals surface area (Å²) in [6.07, 6.45) is 4.90. The number of halogens is 1. The molecule has 3 nitrogen and oxygen atoms in total. The smallest absolute Gasteiger partial charge is 0.252 e.